The number of hydrogen-bond acceptors (Lipinski definition) is 8. The van der Waals surface area contributed by atoms with Crippen molar-refractivity contribution in [3.63, 3.8) is 0 Å². The first-order valence-electron chi connectivity index (χ1n) is 12.2. The maximum atomic E-state index is 13.0. The average molecular weight is 523 g/mol. The second-order valence-corrected chi connectivity index (χ2v) is 9.84. The summed E-state index contributed by atoms with van der Waals surface area (Å²) in [5.41, 5.74) is 0.971. The van der Waals surface area contributed by atoms with Crippen molar-refractivity contribution in [2.24, 2.45) is 0 Å². The first-order chi connectivity index (χ1) is 18.1. The lowest BCUT2D eigenvalue weighted by Crippen LogP contribution is -2.60. The molecule has 0 amide bonds. The Morgan fingerprint density at radius 3 is 1.86 bits per heavy atom. The van der Waals surface area contributed by atoms with Crippen molar-refractivity contribution in [3.8, 4) is 0 Å². The van der Waals surface area contributed by atoms with Gasteiger partial charge in [0.25, 0.3) is 0 Å². The van der Waals surface area contributed by atoms with Crippen molar-refractivity contribution in [3.05, 3.63) is 108 Å². The van der Waals surface area contributed by atoms with Gasteiger partial charge in [-0.25, -0.2) is 9.59 Å². The summed E-state index contributed by atoms with van der Waals surface area (Å²) >= 11 is 1.40. The summed E-state index contributed by atoms with van der Waals surface area (Å²) < 4.78 is 23.6. The highest BCUT2D eigenvalue weighted by Crippen LogP contribution is 2.33. The van der Waals surface area contributed by atoms with E-state index in [9.17, 15) is 14.7 Å². The average Bonchev–Trinajstić information content (AvgIpc) is 2.94. The van der Waals surface area contributed by atoms with Gasteiger partial charge < -0.3 is 24.1 Å². The van der Waals surface area contributed by atoms with Crippen LogP contribution in [0.2, 0.25) is 0 Å². The summed E-state index contributed by atoms with van der Waals surface area (Å²) in [4.78, 5) is 25.9. The maximum Gasteiger partial charge on any atom is 0.338 e. The Labute approximate surface area is 220 Å². The highest BCUT2D eigenvalue weighted by molar-refractivity contribution is 7.99. The molecule has 1 N–H and O–H groups in total. The highest BCUT2D eigenvalue weighted by atomic mass is 32.2. The fraction of sp³-hybridized carbons (Fsp3) is 0.310. The molecule has 1 heterocycles. The van der Waals surface area contributed by atoms with Crippen LogP contribution in [0.25, 0.3) is 0 Å². The van der Waals surface area contributed by atoms with Gasteiger partial charge in [-0.05, 0) is 35.6 Å². The van der Waals surface area contributed by atoms with E-state index < -0.39 is 41.8 Å². The van der Waals surface area contributed by atoms with Crippen LogP contribution in [0.3, 0.4) is 0 Å². The molecule has 0 aromatic heterocycles. The lowest BCUT2D eigenvalue weighted by Gasteiger charge is -2.43. The number of aliphatic hydroxyl groups is 1. The van der Waals surface area contributed by atoms with Crippen molar-refractivity contribution in [1.82, 2.24) is 0 Å². The van der Waals surface area contributed by atoms with E-state index in [4.69, 9.17) is 18.9 Å². The van der Waals surface area contributed by atoms with Crippen LogP contribution < -0.4 is 0 Å². The maximum absolute atomic E-state index is 13.0. The first kappa shape index (κ1) is 26.9. The minimum Gasteiger partial charge on any atom is -0.452 e. The van der Waals surface area contributed by atoms with Gasteiger partial charge in [0.15, 0.2) is 12.2 Å². The lowest BCUT2D eigenvalue weighted by atomic mass is 9.99. The van der Waals surface area contributed by atoms with Gasteiger partial charge in [-0.1, -0.05) is 73.7 Å². The van der Waals surface area contributed by atoms with Crippen LogP contribution in [0.5, 0.6) is 0 Å². The van der Waals surface area contributed by atoms with E-state index in [2.05, 4.69) is 0 Å². The van der Waals surface area contributed by atoms with Gasteiger partial charge >= 0.3 is 11.9 Å². The van der Waals surface area contributed by atoms with Crippen molar-refractivity contribution in [2.45, 2.75) is 43.4 Å². The second-order valence-electron chi connectivity index (χ2n) is 8.46. The van der Waals surface area contributed by atoms with Crippen LogP contribution in [-0.2, 0) is 25.6 Å². The Kier molecular flexibility index (Phi) is 9.73. The third kappa shape index (κ3) is 7.20. The van der Waals surface area contributed by atoms with E-state index in [1.165, 1.54) is 11.8 Å². The Morgan fingerprint density at radius 1 is 0.811 bits per heavy atom. The summed E-state index contributed by atoms with van der Waals surface area (Å²) in [6.45, 7) is 2.34. The molecule has 3 aromatic rings. The van der Waals surface area contributed by atoms with E-state index in [1.54, 1.807) is 60.7 Å². The summed E-state index contributed by atoms with van der Waals surface area (Å²) in [5, 5.41) is 11.3. The molecule has 194 valence electrons. The number of benzene rings is 3. The molecule has 1 saturated heterocycles. The second kappa shape index (κ2) is 13.4. The zero-order valence-corrected chi connectivity index (χ0v) is 21.3. The topological polar surface area (TPSA) is 91.3 Å². The van der Waals surface area contributed by atoms with Crippen LogP contribution in [0.1, 0.15) is 33.2 Å². The number of esters is 2. The first-order valence-corrected chi connectivity index (χ1v) is 13.2. The van der Waals surface area contributed by atoms with Gasteiger partial charge in [0.1, 0.15) is 17.6 Å². The van der Waals surface area contributed by atoms with Crippen molar-refractivity contribution in [2.75, 3.05) is 12.4 Å². The molecule has 1 aliphatic heterocycles. The molecule has 1 aliphatic rings. The van der Waals surface area contributed by atoms with E-state index >= 15 is 0 Å². The largest absolute Gasteiger partial charge is 0.452 e. The number of aliphatic hydroxyl groups excluding tert-OH is 1. The van der Waals surface area contributed by atoms with Gasteiger partial charge in [-0.3, -0.25) is 0 Å². The zero-order chi connectivity index (χ0) is 26.0. The van der Waals surface area contributed by atoms with Gasteiger partial charge in [0.05, 0.1) is 24.3 Å². The molecule has 0 bridgehead atoms. The molecule has 1 fully saturated rings. The smallest absolute Gasteiger partial charge is 0.338 e. The van der Waals surface area contributed by atoms with Crippen LogP contribution in [-0.4, -0.2) is 59.3 Å². The number of carbonyl (C=O) groups excluding carboxylic acids is 2. The molecule has 0 saturated carbocycles. The minimum atomic E-state index is -1.29. The molecular formula is C29H30O7S. The van der Waals surface area contributed by atoms with Gasteiger partial charge in [-0.2, -0.15) is 0 Å². The fourth-order valence-corrected chi connectivity index (χ4v) is 4.94. The van der Waals surface area contributed by atoms with Crippen molar-refractivity contribution in [1.29, 1.82) is 0 Å². The van der Waals surface area contributed by atoms with E-state index in [0.29, 0.717) is 23.5 Å². The van der Waals surface area contributed by atoms with E-state index in [-0.39, 0.29) is 6.61 Å². The third-order valence-corrected chi connectivity index (χ3v) is 6.89. The quantitative estimate of drug-likeness (QED) is 0.390. The normalized spacial score (nSPS) is 23.2. The molecule has 5 atom stereocenters. The molecule has 5 unspecified atom stereocenters. The summed E-state index contributed by atoms with van der Waals surface area (Å²) in [6, 6.07) is 26.7. The molecule has 0 spiro atoms. The van der Waals surface area contributed by atoms with Gasteiger partial charge in [-0.15, -0.1) is 11.8 Å². The number of thioether (sulfide) groups is 1. The van der Waals surface area contributed by atoms with Gasteiger partial charge in [0.2, 0.25) is 0 Å². The van der Waals surface area contributed by atoms with Crippen LogP contribution in [0.4, 0.5) is 0 Å². The monoisotopic (exact) mass is 522 g/mol. The fourth-order valence-electron chi connectivity index (χ4n) is 3.99. The summed E-state index contributed by atoms with van der Waals surface area (Å²) in [7, 11) is 0. The highest BCUT2D eigenvalue weighted by Gasteiger charge is 2.50. The number of ether oxygens (including phenoxy) is 4. The van der Waals surface area contributed by atoms with Crippen molar-refractivity contribution < 1.29 is 33.6 Å². The molecule has 0 radical (unpaired) electrons. The minimum absolute atomic E-state index is 0.0651. The third-order valence-electron chi connectivity index (χ3n) is 5.85. The zero-order valence-electron chi connectivity index (χ0n) is 20.5. The number of hydrogen-bond donors (Lipinski definition) is 1. The number of carbonyl (C=O) groups is 2. The molecule has 37 heavy (non-hydrogen) atoms. The molecule has 7 nitrogen and oxygen atoms in total. The van der Waals surface area contributed by atoms with E-state index in [1.807, 2.05) is 37.3 Å². The Balaban J connectivity index is 1.55. The summed E-state index contributed by atoms with van der Waals surface area (Å²) in [5.74, 6) is -0.573. The Bertz CT molecular complexity index is 1130. The number of rotatable bonds is 10. The van der Waals surface area contributed by atoms with E-state index in [0.717, 1.165) is 5.56 Å². The van der Waals surface area contributed by atoms with Crippen LogP contribution in [0, 0.1) is 0 Å². The van der Waals surface area contributed by atoms with Crippen LogP contribution >= 0.6 is 11.8 Å². The predicted octanol–water partition coefficient (Wildman–Crippen LogP) is 4.49. The Morgan fingerprint density at radius 2 is 1.32 bits per heavy atom. The molecule has 8 heteroatoms. The lowest BCUT2D eigenvalue weighted by molar-refractivity contribution is -0.211. The Hall–Kier alpha value is -3.17. The molecular weight excluding hydrogens is 492 g/mol. The predicted molar refractivity (Wildman–Crippen MR) is 140 cm³/mol. The summed E-state index contributed by atoms with van der Waals surface area (Å²) in [6.07, 6.45) is -4.28. The molecule has 4 rings (SSSR count). The molecule has 0 aliphatic carbocycles. The van der Waals surface area contributed by atoms with Crippen LogP contribution in [0.15, 0.2) is 91.0 Å². The SMILES string of the molecule is CCSC1OC(COCc2ccccc2)C(O)C(OC(=O)c2ccccc2)C1OC(=O)c1ccccc1. The molecule has 3 aromatic carbocycles. The standard InChI is InChI=1S/C29H30O7S/c1-2-37-29-26(36-28(32)22-16-10-5-11-17-22)25(35-27(31)21-14-8-4-9-15-21)24(30)23(34-29)19-33-18-20-12-6-3-7-13-20/h3-17,23-26,29-30H,2,18-19H2,1H3. The van der Waals surface area contributed by atoms with Gasteiger partial charge in [0, 0.05) is 0 Å². The van der Waals surface area contributed by atoms with Crippen molar-refractivity contribution >= 4 is 23.7 Å².